The van der Waals surface area contributed by atoms with Gasteiger partial charge < -0.3 is 9.84 Å². The van der Waals surface area contributed by atoms with Crippen LogP contribution < -0.4 is 10.2 Å². The number of carbonyl (C=O) groups is 1. The summed E-state index contributed by atoms with van der Waals surface area (Å²) >= 11 is 0. The van der Waals surface area contributed by atoms with Gasteiger partial charge in [-0.1, -0.05) is 18.6 Å². The lowest BCUT2D eigenvalue weighted by Crippen LogP contribution is -2.20. The van der Waals surface area contributed by atoms with Crippen LogP contribution in [0.3, 0.4) is 0 Å². The first-order chi connectivity index (χ1) is 11.9. The minimum atomic E-state index is -0.311. The maximum absolute atomic E-state index is 12.3. The maximum Gasteiger partial charge on any atom is 0.271 e. The Kier molecular flexibility index (Phi) is 6.17. The van der Waals surface area contributed by atoms with Gasteiger partial charge >= 0.3 is 0 Å². The van der Waals surface area contributed by atoms with E-state index in [1.807, 2.05) is 39.8 Å². The van der Waals surface area contributed by atoms with Crippen LogP contribution in [0.25, 0.3) is 0 Å². The molecule has 132 valence electrons. The molecule has 1 amide bonds. The molecule has 5 nitrogen and oxygen atoms in total. The molecule has 0 saturated heterocycles. The Morgan fingerprint density at radius 2 is 1.88 bits per heavy atom. The summed E-state index contributed by atoms with van der Waals surface area (Å²) in [5.41, 5.74) is 5.30. The molecule has 0 unspecified atom stereocenters. The van der Waals surface area contributed by atoms with E-state index in [1.165, 1.54) is 0 Å². The van der Waals surface area contributed by atoms with Crippen LogP contribution in [0.15, 0.2) is 47.6 Å². The van der Waals surface area contributed by atoms with Crippen molar-refractivity contribution in [3.63, 3.8) is 0 Å². The van der Waals surface area contributed by atoms with Crippen LogP contribution in [0, 0.1) is 6.92 Å². The lowest BCUT2D eigenvalue weighted by atomic mass is 10.0. The summed E-state index contributed by atoms with van der Waals surface area (Å²) in [5, 5.41) is 14.2. The zero-order valence-electron chi connectivity index (χ0n) is 15.0. The number of aromatic hydroxyl groups is 1. The first-order valence-corrected chi connectivity index (χ1v) is 8.34. The smallest absolute Gasteiger partial charge is 0.271 e. The normalized spacial score (nSPS) is 11.5. The molecule has 0 aliphatic heterocycles. The van der Waals surface area contributed by atoms with Gasteiger partial charge in [-0.3, -0.25) is 4.79 Å². The predicted octanol–water partition coefficient (Wildman–Crippen LogP) is 4.03. The summed E-state index contributed by atoms with van der Waals surface area (Å²) in [6.45, 7) is 7.76. The number of amides is 1. The van der Waals surface area contributed by atoms with Crippen molar-refractivity contribution in [2.75, 3.05) is 0 Å². The van der Waals surface area contributed by atoms with E-state index in [1.54, 1.807) is 30.3 Å². The molecule has 0 bridgehead atoms. The summed E-state index contributed by atoms with van der Waals surface area (Å²) in [6, 6.07) is 12.2. The van der Waals surface area contributed by atoms with Gasteiger partial charge in [-0.25, -0.2) is 5.43 Å². The number of phenols is 1. The number of hydrogen-bond donors (Lipinski definition) is 2. The molecule has 25 heavy (non-hydrogen) atoms. The van der Waals surface area contributed by atoms with E-state index < -0.39 is 0 Å². The molecule has 0 spiro atoms. The summed E-state index contributed by atoms with van der Waals surface area (Å²) in [6.07, 6.45) is 0.664. The average Bonchev–Trinajstić information content (AvgIpc) is 2.58. The molecule has 0 aliphatic carbocycles. The lowest BCUT2D eigenvalue weighted by Gasteiger charge is -2.10. The number of carbonyl (C=O) groups excluding carboxylic acids is 1. The zero-order chi connectivity index (χ0) is 18.4. The Morgan fingerprint density at radius 3 is 2.48 bits per heavy atom. The van der Waals surface area contributed by atoms with Gasteiger partial charge in [0.05, 0.1) is 11.8 Å². The minimum absolute atomic E-state index is 0.0818. The van der Waals surface area contributed by atoms with Gasteiger partial charge in [-0.2, -0.15) is 5.10 Å². The van der Waals surface area contributed by atoms with E-state index in [2.05, 4.69) is 10.5 Å². The highest BCUT2D eigenvalue weighted by molar-refractivity contribution is 6.04. The van der Waals surface area contributed by atoms with Crippen molar-refractivity contribution in [3.8, 4) is 11.5 Å². The van der Waals surface area contributed by atoms with Gasteiger partial charge in [0.1, 0.15) is 11.5 Å². The molecule has 0 heterocycles. The van der Waals surface area contributed by atoms with E-state index in [9.17, 15) is 9.90 Å². The fourth-order valence-electron chi connectivity index (χ4n) is 2.35. The summed E-state index contributed by atoms with van der Waals surface area (Å²) in [7, 11) is 0. The molecular formula is C20H24N2O3. The van der Waals surface area contributed by atoms with Crippen molar-refractivity contribution in [1.82, 2.24) is 5.43 Å². The number of rotatable bonds is 6. The van der Waals surface area contributed by atoms with Crippen LogP contribution in [0.2, 0.25) is 0 Å². The van der Waals surface area contributed by atoms with Gasteiger partial charge in [0, 0.05) is 11.1 Å². The Morgan fingerprint density at radius 1 is 1.20 bits per heavy atom. The molecule has 2 rings (SSSR count). The summed E-state index contributed by atoms with van der Waals surface area (Å²) in [5.74, 6) is 0.554. The second-order valence-electron chi connectivity index (χ2n) is 6.06. The second kappa shape index (κ2) is 8.33. The van der Waals surface area contributed by atoms with Crippen LogP contribution in [-0.4, -0.2) is 22.8 Å². The third-order valence-electron chi connectivity index (χ3n) is 3.58. The number of benzene rings is 2. The largest absolute Gasteiger partial charge is 0.507 e. The monoisotopic (exact) mass is 340 g/mol. The van der Waals surface area contributed by atoms with Crippen molar-refractivity contribution in [2.24, 2.45) is 5.10 Å². The summed E-state index contributed by atoms with van der Waals surface area (Å²) in [4.78, 5) is 12.3. The third-order valence-corrected chi connectivity index (χ3v) is 3.58. The molecule has 0 aliphatic rings. The lowest BCUT2D eigenvalue weighted by molar-refractivity contribution is 0.0954. The molecule has 0 fully saturated rings. The molecule has 2 aromatic rings. The van der Waals surface area contributed by atoms with E-state index >= 15 is 0 Å². The van der Waals surface area contributed by atoms with E-state index in [-0.39, 0.29) is 17.8 Å². The van der Waals surface area contributed by atoms with Crippen LogP contribution in [-0.2, 0) is 0 Å². The van der Waals surface area contributed by atoms with Crippen molar-refractivity contribution >= 4 is 11.6 Å². The van der Waals surface area contributed by atoms with E-state index in [0.29, 0.717) is 29.0 Å². The van der Waals surface area contributed by atoms with E-state index in [4.69, 9.17) is 4.74 Å². The number of nitrogens with one attached hydrogen (secondary N) is 1. The Hall–Kier alpha value is -2.82. The Balaban J connectivity index is 2.13. The number of hydrazone groups is 1. The highest BCUT2D eigenvalue weighted by atomic mass is 16.5. The van der Waals surface area contributed by atoms with Crippen LogP contribution >= 0.6 is 0 Å². The minimum Gasteiger partial charge on any atom is -0.507 e. The number of phenolic OH excluding ortho intramolecular Hbond substituents is 1. The van der Waals surface area contributed by atoms with Crippen molar-refractivity contribution in [1.29, 1.82) is 0 Å². The van der Waals surface area contributed by atoms with Gasteiger partial charge in [0.15, 0.2) is 0 Å². The van der Waals surface area contributed by atoms with Crippen molar-refractivity contribution in [3.05, 3.63) is 59.2 Å². The highest BCUT2D eigenvalue weighted by Crippen LogP contribution is 2.20. The fourth-order valence-corrected chi connectivity index (χ4v) is 2.35. The molecular weight excluding hydrogens is 316 g/mol. The quantitative estimate of drug-likeness (QED) is 0.616. The number of nitrogens with zero attached hydrogens (tertiary/aromatic N) is 1. The standard InChI is InChI=1S/C20H24N2O3/c1-5-18(17-12-14(4)6-11-19(17)23)21-22-20(24)15-7-9-16(10-8-15)25-13(2)3/h6-13,23H,5H2,1-4H3,(H,22,24)/b21-18+. The number of hydrogen-bond acceptors (Lipinski definition) is 4. The van der Waals surface area contributed by atoms with Gasteiger partial charge in [0.25, 0.3) is 5.91 Å². The first kappa shape index (κ1) is 18.5. The van der Waals surface area contributed by atoms with Crippen LogP contribution in [0.1, 0.15) is 48.7 Å². The average molecular weight is 340 g/mol. The molecule has 0 radical (unpaired) electrons. The van der Waals surface area contributed by atoms with Gasteiger partial charge in [-0.05, 0) is 63.6 Å². The maximum atomic E-state index is 12.3. The van der Waals surface area contributed by atoms with E-state index in [0.717, 1.165) is 5.56 Å². The summed E-state index contributed by atoms with van der Waals surface area (Å²) < 4.78 is 5.56. The first-order valence-electron chi connectivity index (χ1n) is 8.34. The van der Waals surface area contributed by atoms with Crippen LogP contribution in [0.5, 0.6) is 11.5 Å². The number of aryl methyl sites for hydroxylation is 1. The SMILES string of the molecule is CC/C(=N\NC(=O)c1ccc(OC(C)C)cc1)c1cc(C)ccc1O. The van der Waals surface area contributed by atoms with Crippen molar-refractivity contribution in [2.45, 2.75) is 40.2 Å². The van der Waals surface area contributed by atoms with Crippen molar-refractivity contribution < 1.29 is 14.6 Å². The van der Waals surface area contributed by atoms with Gasteiger partial charge in [0.2, 0.25) is 0 Å². The van der Waals surface area contributed by atoms with Gasteiger partial charge in [-0.15, -0.1) is 0 Å². The topological polar surface area (TPSA) is 70.9 Å². The molecule has 0 saturated carbocycles. The molecule has 5 heteroatoms. The Bertz CT molecular complexity index is 765. The fraction of sp³-hybridized carbons (Fsp3) is 0.300. The molecule has 0 aromatic heterocycles. The van der Waals surface area contributed by atoms with Crippen LogP contribution in [0.4, 0.5) is 0 Å². The number of ether oxygens (including phenoxy) is 1. The molecule has 2 aromatic carbocycles. The predicted molar refractivity (Wildman–Crippen MR) is 99.3 cm³/mol. The molecule has 2 N–H and O–H groups in total. The Labute approximate surface area is 148 Å². The molecule has 0 atom stereocenters. The second-order valence-corrected chi connectivity index (χ2v) is 6.06. The zero-order valence-corrected chi connectivity index (χ0v) is 15.0. The highest BCUT2D eigenvalue weighted by Gasteiger charge is 2.10. The third kappa shape index (κ3) is 5.08.